The van der Waals surface area contributed by atoms with Gasteiger partial charge in [-0.1, -0.05) is 18.2 Å². The molecule has 0 unspecified atom stereocenters. The maximum absolute atomic E-state index is 11.8. The maximum atomic E-state index is 11.8. The van der Waals surface area contributed by atoms with Crippen LogP contribution >= 0.6 is 0 Å². The third-order valence-corrected chi connectivity index (χ3v) is 4.09. The molecule has 1 atom stereocenters. The number of carbonyl (C=O) groups is 1. The van der Waals surface area contributed by atoms with E-state index in [9.17, 15) is 4.79 Å². The number of fused-ring (bicyclic) bond motifs is 4. The summed E-state index contributed by atoms with van der Waals surface area (Å²) in [6.07, 6.45) is 0.126. The first-order chi connectivity index (χ1) is 12.2. The van der Waals surface area contributed by atoms with Crippen LogP contribution < -0.4 is 10.1 Å². The predicted octanol–water partition coefficient (Wildman–Crippen LogP) is 3.02. The van der Waals surface area contributed by atoms with E-state index >= 15 is 0 Å². The van der Waals surface area contributed by atoms with Gasteiger partial charge >= 0.3 is 6.09 Å². The molecule has 0 aliphatic carbocycles. The highest BCUT2D eigenvalue weighted by molar-refractivity contribution is 5.89. The van der Waals surface area contributed by atoms with Gasteiger partial charge in [-0.05, 0) is 24.6 Å². The fourth-order valence-electron chi connectivity index (χ4n) is 2.80. The lowest BCUT2D eigenvalue weighted by Gasteiger charge is -2.14. The lowest BCUT2D eigenvalue weighted by Crippen LogP contribution is -2.28. The molecule has 4 rings (SSSR count). The first kappa shape index (κ1) is 15.4. The van der Waals surface area contributed by atoms with Crippen molar-refractivity contribution in [1.82, 2.24) is 20.5 Å². The standard InChI is InChI=1S/C18H18N4O3/c1-11-7-8-19-18(23)24-10-12-3-2-4-13(9-12)16-17-14(21-22-16)5-6-15(20-17)25-11/h2-6,9,11H,7-8,10H2,1H3,(H,19,23)(H,21,22)/t11-/m1/s1. The van der Waals surface area contributed by atoms with Crippen LogP contribution in [0.1, 0.15) is 18.9 Å². The summed E-state index contributed by atoms with van der Waals surface area (Å²) in [5, 5.41) is 10.1. The minimum Gasteiger partial charge on any atom is -0.475 e. The molecule has 1 aliphatic rings. The Balaban J connectivity index is 1.79. The Bertz CT molecular complexity index is 922. The van der Waals surface area contributed by atoms with Gasteiger partial charge in [-0.15, -0.1) is 0 Å². The van der Waals surface area contributed by atoms with Crippen molar-refractivity contribution in [1.29, 1.82) is 0 Å². The van der Waals surface area contributed by atoms with E-state index in [4.69, 9.17) is 9.47 Å². The van der Waals surface area contributed by atoms with E-state index in [0.717, 1.165) is 27.9 Å². The number of cyclic esters (lactones) is 1. The van der Waals surface area contributed by atoms with Crippen molar-refractivity contribution in [2.75, 3.05) is 6.54 Å². The van der Waals surface area contributed by atoms with Crippen molar-refractivity contribution in [2.24, 2.45) is 0 Å². The molecule has 7 heteroatoms. The van der Waals surface area contributed by atoms with E-state index in [1.807, 2.05) is 43.3 Å². The molecule has 1 aliphatic heterocycles. The fourth-order valence-corrected chi connectivity index (χ4v) is 2.80. The normalized spacial score (nSPS) is 18.0. The zero-order chi connectivity index (χ0) is 17.2. The number of benzene rings is 1. The monoisotopic (exact) mass is 338 g/mol. The Labute approximate surface area is 144 Å². The van der Waals surface area contributed by atoms with Crippen LogP contribution in [-0.4, -0.2) is 33.9 Å². The van der Waals surface area contributed by atoms with E-state index in [1.54, 1.807) is 0 Å². The van der Waals surface area contributed by atoms with Gasteiger partial charge in [-0.2, -0.15) is 5.10 Å². The van der Waals surface area contributed by atoms with E-state index in [-0.39, 0.29) is 12.7 Å². The molecule has 0 radical (unpaired) electrons. The van der Waals surface area contributed by atoms with Crippen LogP contribution in [0.4, 0.5) is 4.79 Å². The molecule has 4 bridgehead atoms. The summed E-state index contributed by atoms with van der Waals surface area (Å²) in [5.41, 5.74) is 4.14. The summed E-state index contributed by atoms with van der Waals surface area (Å²) in [6, 6.07) is 11.4. The summed E-state index contributed by atoms with van der Waals surface area (Å²) in [6.45, 7) is 2.61. The maximum Gasteiger partial charge on any atom is 0.407 e. The summed E-state index contributed by atoms with van der Waals surface area (Å²) >= 11 is 0. The van der Waals surface area contributed by atoms with Crippen LogP contribution in [0.25, 0.3) is 22.3 Å². The number of H-pyrrole nitrogens is 1. The van der Waals surface area contributed by atoms with Crippen LogP contribution in [0, 0.1) is 0 Å². The van der Waals surface area contributed by atoms with E-state index in [1.165, 1.54) is 0 Å². The number of aromatic nitrogens is 3. The number of hydrogen-bond acceptors (Lipinski definition) is 5. The second-order valence-electron chi connectivity index (χ2n) is 6.04. The average Bonchev–Trinajstić information content (AvgIpc) is 3.03. The Morgan fingerprint density at radius 3 is 3.08 bits per heavy atom. The molecule has 7 nitrogen and oxygen atoms in total. The Morgan fingerprint density at radius 1 is 1.24 bits per heavy atom. The molecular weight excluding hydrogens is 320 g/mol. The van der Waals surface area contributed by atoms with Crippen LogP contribution in [0.3, 0.4) is 0 Å². The lowest BCUT2D eigenvalue weighted by molar-refractivity contribution is 0.137. The third kappa shape index (κ3) is 3.26. The Kier molecular flexibility index (Phi) is 3.97. The number of pyridine rings is 1. The summed E-state index contributed by atoms with van der Waals surface area (Å²) in [7, 11) is 0. The zero-order valence-electron chi connectivity index (χ0n) is 13.8. The second-order valence-corrected chi connectivity index (χ2v) is 6.04. The van der Waals surface area contributed by atoms with Crippen molar-refractivity contribution >= 4 is 17.1 Å². The molecular formula is C18H18N4O3. The minimum atomic E-state index is -0.437. The molecule has 0 saturated heterocycles. The van der Waals surface area contributed by atoms with Gasteiger partial charge in [-0.3, -0.25) is 5.10 Å². The first-order valence-corrected chi connectivity index (χ1v) is 8.21. The quantitative estimate of drug-likeness (QED) is 0.658. The first-order valence-electron chi connectivity index (χ1n) is 8.21. The largest absolute Gasteiger partial charge is 0.475 e. The molecule has 0 saturated carbocycles. The van der Waals surface area contributed by atoms with Crippen LogP contribution in [0.15, 0.2) is 36.4 Å². The molecule has 0 spiro atoms. The number of carbonyl (C=O) groups excluding carboxylic acids is 1. The number of aromatic amines is 1. The van der Waals surface area contributed by atoms with Crippen molar-refractivity contribution in [3.63, 3.8) is 0 Å². The molecule has 2 N–H and O–H groups in total. The topological polar surface area (TPSA) is 89.1 Å². The molecule has 2 aromatic heterocycles. The molecule has 3 heterocycles. The summed E-state index contributed by atoms with van der Waals surface area (Å²) in [4.78, 5) is 16.4. The Hall–Kier alpha value is -3.09. The van der Waals surface area contributed by atoms with E-state index in [0.29, 0.717) is 18.8 Å². The molecule has 25 heavy (non-hydrogen) atoms. The second kappa shape index (κ2) is 6.43. The van der Waals surface area contributed by atoms with Crippen LogP contribution in [0.5, 0.6) is 5.88 Å². The smallest absolute Gasteiger partial charge is 0.407 e. The van der Waals surface area contributed by atoms with Gasteiger partial charge in [0.1, 0.15) is 17.8 Å². The fraction of sp³-hybridized carbons (Fsp3) is 0.278. The van der Waals surface area contributed by atoms with Gasteiger partial charge in [-0.25, -0.2) is 9.78 Å². The zero-order valence-corrected chi connectivity index (χ0v) is 13.8. The highest BCUT2D eigenvalue weighted by Crippen LogP contribution is 2.27. The molecule has 0 fully saturated rings. The van der Waals surface area contributed by atoms with Gasteiger partial charge in [0, 0.05) is 24.6 Å². The van der Waals surface area contributed by atoms with E-state index in [2.05, 4.69) is 20.5 Å². The number of alkyl carbamates (subject to hydrolysis) is 1. The highest BCUT2D eigenvalue weighted by atomic mass is 16.5. The van der Waals surface area contributed by atoms with Gasteiger partial charge in [0.2, 0.25) is 5.88 Å². The minimum absolute atomic E-state index is 0.0909. The van der Waals surface area contributed by atoms with Crippen molar-refractivity contribution in [3.8, 4) is 17.1 Å². The number of ether oxygens (including phenoxy) is 2. The van der Waals surface area contributed by atoms with Crippen molar-refractivity contribution in [3.05, 3.63) is 42.0 Å². The van der Waals surface area contributed by atoms with Gasteiger partial charge in [0.05, 0.1) is 11.6 Å². The lowest BCUT2D eigenvalue weighted by atomic mass is 10.1. The van der Waals surface area contributed by atoms with Gasteiger partial charge in [0.15, 0.2) is 0 Å². The van der Waals surface area contributed by atoms with Crippen molar-refractivity contribution < 1.29 is 14.3 Å². The number of amides is 1. The summed E-state index contributed by atoms with van der Waals surface area (Å²) in [5.74, 6) is 0.538. The van der Waals surface area contributed by atoms with Crippen LogP contribution in [-0.2, 0) is 11.3 Å². The number of hydrogen-bond donors (Lipinski definition) is 2. The van der Waals surface area contributed by atoms with Crippen LogP contribution in [0.2, 0.25) is 0 Å². The number of nitrogens with zero attached hydrogens (tertiary/aromatic N) is 2. The Morgan fingerprint density at radius 2 is 2.16 bits per heavy atom. The molecule has 128 valence electrons. The van der Waals surface area contributed by atoms with Crippen molar-refractivity contribution in [2.45, 2.75) is 26.1 Å². The highest BCUT2D eigenvalue weighted by Gasteiger charge is 2.14. The molecule has 1 amide bonds. The predicted molar refractivity (Wildman–Crippen MR) is 92.2 cm³/mol. The number of nitrogens with one attached hydrogen (secondary N) is 2. The van der Waals surface area contributed by atoms with Gasteiger partial charge in [0.25, 0.3) is 0 Å². The molecule has 3 aromatic rings. The SMILES string of the molecule is C[C@@H]1CCNC(=O)OCc2cccc(c2)-c2n[nH]c3ccc(nc23)O1. The van der Waals surface area contributed by atoms with E-state index < -0.39 is 6.09 Å². The third-order valence-electron chi connectivity index (χ3n) is 4.09. The molecule has 1 aromatic carbocycles. The van der Waals surface area contributed by atoms with Gasteiger partial charge < -0.3 is 14.8 Å². The summed E-state index contributed by atoms with van der Waals surface area (Å²) < 4.78 is 11.1. The number of rotatable bonds is 0. The average molecular weight is 338 g/mol.